The van der Waals surface area contributed by atoms with Crippen molar-refractivity contribution in [1.29, 1.82) is 0 Å². The first-order valence-electron chi connectivity index (χ1n) is 7.08. The topological polar surface area (TPSA) is 29.1 Å². The summed E-state index contributed by atoms with van der Waals surface area (Å²) in [5.74, 6) is 1.03. The second-order valence-electron chi connectivity index (χ2n) is 5.85. The third-order valence-electron chi connectivity index (χ3n) is 4.85. The van der Waals surface area contributed by atoms with Gasteiger partial charge in [0.2, 0.25) is 5.91 Å². The van der Waals surface area contributed by atoms with Crippen LogP contribution in [0.25, 0.3) is 0 Å². The minimum atomic E-state index is 0.229. The fraction of sp³-hybridized carbons (Fsp3) is 0.562. The van der Waals surface area contributed by atoms with Gasteiger partial charge in [-0.05, 0) is 37.2 Å². The Morgan fingerprint density at radius 3 is 2.61 bits per heavy atom. The van der Waals surface area contributed by atoms with Crippen LogP contribution in [0.15, 0.2) is 30.3 Å². The van der Waals surface area contributed by atoms with Crippen LogP contribution >= 0.6 is 0 Å². The average Bonchev–Trinajstić information content (AvgIpc) is 3.17. The van der Waals surface area contributed by atoms with E-state index in [9.17, 15) is 4.79 Å². The molecule has 0 bridgehead atoms. The summed E-state index contributed by atoms with van der Waals surface area (Å²) >= 11 is 0. The highest BCUT2D eigenvalue weighted by molar-refractivity contribution is 5.80. The van der Waals surface area contributed by atoms with Crippen molar-refractivity contribution in [3.8, 4) is 0 Å². The van der Waals surface area contributed by atoms with Gasteiger partial charge in [0.05, 0.1) is 0 Å². The van der Waals surface area contributed by atoms with Gasteiger partial charge in [0.25, 0.3) is 0 Å². The molecule has 0 aromatic heterocycles. The molecule has 2 atom stereocenters. The second kappa shape index (κ2) is 4.42. The van der Waals surface area contributed by atoms with E-state index >= 15 is 0 Å². The van der Waals surface area contributed by atoms with Crippen molar-refractivity contribution in [2.45, 2.75) is 45.1 Å². The van der Waals surface area contributed by atoms with Crippen LogP contribution in [0.4, 0.5) is 0 Å². The number of carbonyl (C=O) groups excluding carboxylic acids is 1. The Morgan fingerprint density at radius 2 is 2.00 bits per heavy atom. The van der Waals surface area contributed by atoms with E-state index in [0.717, 1.165) is 25.2 Å². The third kappa shape index (κ3) is 1.94. The first-order valence-corrected chi connectivity index (χ1v) is 7.08. The predicted octanol–water partition coefficient (Wildman–Crippen LogP) is 2.92. The van der Waals surface area contributed by atoms with Crippen LogP contribution in [-0.4, -0.2) is 11.9 Å². The summed E-state index contributed by atoms with van der Waals surface area (Å²) in [7, 11) is 0. The number of amides is 1. The molecule has 1 aromatic carbocycles. The predicted molar refractivity (Wildman–Crippen MR) is 72.1 cm³/mol. The lowest BCUT2D eigenvalue weighted by atomic mass is 9.72. The van der Waals surface area contributed by atoms with E-state index in [2.05, 4.69) is 36.5 Å². The van der Waals surface area contributed by atoms with Crippen LogP contribution in [0, 0.1) is 11.3 Å². The minimum Gasteiger partial charge on any atom is -0.352 e. The highest BCUT2D eigenvalue weighted by Gasteiger charge is 2.53. The number of hydrogen-bond donors (Lipinski definition) is 1. The van der Waals surface area contributed by atoms with Crippen molar-refractivity contribution >= 4 is 5.91 Å². The van der Waals surface area contributed by atoms with Gasteiger partial charge in [0, 0.05) is 17.9 Å². The molecule has 2 unspecified atom stereocenters. The Kier molecular flexibility index (Phi) is 2.89. The van der Waals surface area contributed by atoms with E-state index < -0.39 is 0 Å². The van der Waals surface area contributed by atoms with E-state index in [4.69, 9.17) is 0 Å². The zero-order chi connectivity index (χ0) is 12.6. The summed E-state index contributed by atoms with van der Waals surface area (Å²) in [6.45, 7) is 2.25. The molecule has 2 fully saturated rings. The molecule has 1 saturated carbocycles. The molecule has 2 nitrogen and oxygen atoms in total. The molecule has 1 N–H and O–H groups in total. The molecule has 1 aliphatic carbocycles. The molecule has 0 spiro atoms. The standard InChI is InChI=1S/C16H21NO/c1-2-16(13-8-9-13)11-15(18)17-14(16)10-12-6-4-3-5-7-12/h3-7,13-14H,2,8-11H2,1H3,(H,17,18). The van der Waals surface area contributed by atoms with Crippen molar-refractivity contribution < 1.29 is 4.79 Å². The zero-order valence-corrected chi connectivity index (χ0v) is 11.0. The van der Waals surface area contributed by atoms with E-state index in [-0.39, 0.29) is 11.3 Å². The van der Waals surface area contributed by atoms with E-state index in [1.807, 2.05) is 6.07 Å². The SMILES string of the molecule is CCC1(C2CC2)CC(=O)NC1Cc1ccccc1. The summed E-state index contributed by atoms with van der Waals surface area (Å²) in [6.07, 6.45) is 5.47. The lowest BCUT2D eigenvalue weighted by Crippen LogP contribution is -2.40. The van der Waals surface area contributed by atoms with Crippen LogP contribution in [0.5, 0.6) is 0 Å². The first-order chi connectivity index (χ1) is 8.74. The molecule has 1 heterocycles. The lowest BCUT2D eigenvalue weighted by Gasteiger charge is -2.33. The number of hydrogen-bond acceptors (Lipinski definition) is 1. The van der Waals surface area contributed by atoms with Crippen LogP contribution in [0.1, 0.15) is 38.2 Å². The summed E-state index contributed by atoms with van der Waals surface area (Å²) < 4.78 is 0. The lowest BCUT2D eigenvalue weighted by molar-refractivity contribution is -0.119. The molecule has 1 aromatic rings. The Morgan fingerprint density at radius 1 is 1.28 bits per heavy atom. The summed E-state index contributed by atoms with van der Waals surface area (Å²) in [5, 5.41) is 3.23. The zero-order valence-electron chi connectivity index (χ0n) is 11.0. The first kappa shape index (κ1) is 11.8. The maximum Gasteiger partial charge on any atom is 0.220 e. The maximum atomic E-state index is 11.8. The number of benzene rings is 1. The maximum absolute atomic E-state index is 11.8. The minimum absolute atomic E-state index is 0.229. The molecule has 2 aliphatic rings. The van der Waals surface area contributed by atoms with Crippen LogP contribution in [-0.2, 0) is 11.2 Å². The number of rotatable bonds is 4. The van der Waals surface area contributed by atoms with Crippen molar-refractivity contribution in [3.05, 3.63) is 35.9 Å². The smallest absolute Gasteiger partial charge is 0.220 e. The van der Waals surface area contributed by atoms with Crippen LogP contribution in [0.3, 0.4) is 0 Å². The number of carbonyl (C=O) groups is 1. The van der Waals surface area contributed by atoms with Gasteiger partial charge in [-0.2, -0.15) is 0 Å². The van der Waals surface area contributed by atoms with Crippen LogP contribution < -0.4 is 5.32 Å². The van der Waals surface area contributed by atoms with Crippen molar-refractivity contribution in [1.82, 2.24) is 5.32 Å². The Balaban J connectivity index is 1.83. The Bertz CT molecular complexity index is 438. The van der Waals surface area contributed by atoms with Gasteiger partial charge >= 0.3 is 0 Å². The van der Waals surface area contributed by atoms with Gasteiger partial charge in [-0.15, -0.1) is 0 Å². The van der Waals surface area contributed by atoms with Crippen molar-refractivity contribution in [2.24, 2.45) is 11.3 Å². The molecule has 18 heavy (non-hydrogen) atoms. The van der Waals surface area contributed by atoms with Gasteiger partial charge in [0.15, 0.2) is 0 Å². The molecule has 1 aliphatic heterocycles. The van der Waals surface area contributed by atoms with Gasteiger partial charge in [0.1, 0.15) is 0 Å². The molecule has 96 valence electrons. The second-order valence-corrected chi connectivity index (χ2v) is 5.85. The molecule has 1 saturated heterocycles. The van der Waals surface area contributed by atoms with E-state index in [1.165, 1.54) is 18.4 Å². The highest BCUT2D eigenvalue weighted by Crippen LogP contribution is 2.54. The molecular weight excluding hydrogens is 222 g/mol. The van der Waals surface area contributed by atoms with Gasteiger partial charge in [-0.1, -0.05) is 37.3 Å². The highest BCUT2D eigenvalue weighted by atomic mass is 16.2. The van der Waals surface area contributed by atoms with Gasteiger partial charge in [-0.25, -0.2) is 0 Å². The summed E-state index contributed by atoms with van der Waals surface area (Å²) in [5.41, 5.74) is 1.57. The molecule has 2 heteroatoms. The Labute approximate surface area is 109 Å². The van der Waals surface area contributed by atoms with Crippen molar-refractivity contribution in [2.75, 3.05) is 0 Å². The van der Waals surface area contributed by atoms with Crippen LogP contribution in [0.2, 0.25) is 0 Å². The summed E-state index contributed by atoms with van der Waals surface area (Å²) in [6, 6.07) is 10.9. The van der Waals surface area contributed by atoms with Crippen molar-refractivity contribution in [3.63, 3.8) is 0 Å². The number of nitrogens with one attached hydrogen (secondary N) is 1. The fourth-order valence-electron chi connectivity index (χ4n) is 3.66. The van der Waals surface area contributed by atoms with E-state index in [1.54, 1.807) is 0 Å². The largest absolute Gasteiger partial charge is 0.352 e. The van der Waals surface area contributed by atoms with Gasteiger partial charge < -0.3 is 5.32 Å². The molecule has 1 amide bonds. The summed E-state index contributed by atoms with van der Waals surface area (Å²) in [4.78, 5) is 11.8. The quantitative estimate of drug-likeness (QED) is 0.865. The third-order valence-corrected chi connectivity index (χ3v) is 4.85. The normalized spacial score (nSPS) is 31.4. The molecule has 3 rings (SSSR count). The van der Waals surface area contributed by atoms with E-state index in [0.29, 0.717) is 6.04 Å². The fourth-order valence-corrected chi connectivity index (χ4v) is 3.66. The Hall–Kier alpha value is -1.31. The van der Waals surface area contributed by atoms with Gasteiger partial charge in [-0.3, -0.25) is 4.79 Å². The monoisotopic (exact) mass is 243 g/mol. The average molecular weight is 243 g/mol. The molecular formula is C16H21NO. The molecule has 0 radical (unpaired) electrons.